The first-order valence-corrected chi connectivity index (χ1v) is 26.7. The lowest BCUT2D eigenvalue weighted by molar-refractivity contribution is 0.0543. The molecule has 0 spiro atoms. The van der Waals surface area contributed by atoms with E-state index in [1.807, 2.05) is 112 Å². The minimum atomic E-state index is -0.864. The number of H-pyrrole nitrogens is 1. The highest BCUT2D eigenvalue weighted by molar-refractivity contribution is 9.10. The Bertz CT molecular complexity index is 3580. The molecule has 2 aliphatic heterocycles. The molecule has 0 saturated carbocycles. The first-order valence-electron chi connectivity index (χ1n) is 23.2. The number of aromatic amines is 1. The fourth-order valence-corrected chi connectivity index (χ4v) is 9.58. The molecule has 1 unspecified atom stereocenters. The van der Waals surface area contributed by atoms with Gasteiger partial charge in [-0.15, -0.1) is 11.3 Å². The Morgan fingerprint density at radius 1 is 0.833 bits per heavy atom. The minimum Gasteiger partial charge on any atom is -0.477 e. The van der Waals surface area contributed by atoms with Crippen LogP contribution in [0, 0.1) is 0 Å². The Labute approximate surface area is 487 Å². The Balaban J connectivity index is 0.000000187. The van der Waals surface area contributed by atoms with Crippen molar-refractivity contribution >= 4 is 163 Å². The highest BCUT2D eigenvalue weighted by Crippen LogP contribution is 2.31. The van der Waals surface area contributed by atoms with Gasteiger partial charge in [-0.2, -0.15) is 0 Å². The molecule has 0 aliphatic carbocycles. The quantitative estimate of drug-likeness (QED) is 0.0740. The van der Waals surface area contributed by atoms with Crippen LogP contribution in [0.5, 0.6) is 0 Å². The van der Waals surface area contributed by atoms with Crippen LogP contribution in [0.3, 0.4) is 0 Å². The number of carboxylic acids is 1. The predicted molar refractivity (Wildman–Crippen MR) is 326 cm³/mol. The summed E-state index contributed by atoms with van der Waals surface area (Å²) < 4.78 is 14.7. The van der Waals surface area contributed by atoms with Crippen molar-refractivity contribution in [3.8, 4) is 0 Å². The number of Topliss-reactive ketones (excluding diaryl/α,β-unsaturated/α-hetero) is 1. The van der Waals surface area contributed by atoms with E-state index < -0.39 is 17.7 Å². The zero-order valence-electron chi connectivity index (χ0n) is 41.2. The lowest BCUT2D eigenvalue weighted by Crippen LogP contribution is -2.26. The second-order valence-corrected chi connectivity index (χ2v) is 21.6. The number of thiophene rings is 1. The summed E-state index contributed by atoms with van der Waals surface area (Å²) in [6, 6.07) is 32.5. The van der Waals surface area contributed by atoms with Crippen molar-refractivity contribution in [2.75, 3.05) is 30.4 Å². The Kier molecular flexibility index (Phi) is 23.1. The van der Waals surface area contributed by atoms with Crippen molar-refractivity contribution in [1.82, 2.24) is 29.5 Å². The molecule has 1 fully saturated rings. The second kappa shape index (κ2) is 28.9. The molecule has 7 heterocycles. The highest BCUT2D eigenvalue weighted by Gasteiger charge is 2.19. The number of aromatic nitrogens is 6. The summed E-state index contributed by atoms with van der Waals surface area (Å²) in [5.41, 5.74) is 11.1. The summed E-state index contributed by atoms with van der Waals surface area (Å²) in [6.07, 6.45) is 9.53. The number of nitrogens with one attached hydrogen (secondary N) is 3. The molecule has 5 aromatic heterocycles. The molecule has 1 atom stereocenters. The van der Waals surface area contributed by atoms with Crippen molar-refractivity contribution in [2.45, 2.75) is 60.6 Å². The van der Waals surface area contributed by atoms with Crippen LogP contribution in [0.15, 0.2) is 142 Å². The normalized spacial score (nSPS) is 13.2. The first-order chi connectivity index (χ1) is 36.3. The number of hydrogen-bond donors (Lipinski definition) is 5. The average molecular weight is 1260 g/mol. The van der Waals surface area contributed by atoms with E-state index in [0.29, 0.717) is 33.3 Å². The van der Waals surface area contributed by atoms with Crippen LogP contribution in [-0.4, -0.2) is 90.1 Å². The molecule has 0 bridgehead atoms. The first kappa shape index (κ1) is 62.3. The Morgan fingerprint density at radius 2 is 1.47 bits per heavy atom. The van der Waals surface area contributed by atoms with Gasteiger partial charge in [0.1, 0.15) is 27.8 Å². The van der Waals surface area contributed by atoms with Crippen LogP contribution < -0.4 is 16.4 Å². The number of ether oxygens (including phenoxy) is 2. The SMILES string of the molecule is C.C.CC(=O)c1[nH]c2cc(Br)ccc2c1Cl.CC(C)(C)OC(=O)n1ccc2cc(Nc3ccnc(Cl)n3)ccc21.Clc1nccc(Nc2ccc(C3=CCN=C3)cc2)n1.NC1CCOC1.O=C(O)c1cc2ccc(Br)cc2s1. The van der Waals surface area contributed by atoms with Crippen LogP contribution in [0.1, 0.15) is 74.7 Å². The van der Waals surface area contributed by atoms with Gasteiger partial charge in [-0.3, -0.25) is 14.4 Å². The summed E-state index contributed by atoms with van der Waals surface area (Å²) in [7, 11) is 0. The number of halogens is 5. The van der Waals surface area contributed by atoms with E-state index in [1.165, 1.54) is 22.8 Å². The number of carbonyl (C=O) groups excluding carboxylic acids is 2. The summed E-state index contributed by atoms with van der Waals surface area (Å²) in [4.78, 5) is 57.5. The number of fused-ring (bicyclic) bond motifs is 3. The van der Waals surface area contributed by atoms with Crippen LogP contribution in [-0.2, 0) is 9.47 Å². The van der Waals surface area contributed by atoms with Gasteiger partial charge in [0.05, 0.1) is 23.7 Å². The van der Waals surface area contributed by atoms with E-state index in [-0.39, 0.29) is 31.2 Å². The molecule has 16 nitrogen and oxygen atoms in total. The van der Waals surface area contributed by atoms with E-state index in [1.54, 1.807) is 36.8 Å². The molecular weight excluding hydrogens is 1210 g/mol. The summed E-state index contributed by atoms with van der Waals surface area (Å²) in [5, 5.41) is 18.7. The summed E-state index contributed by atoms with van der Waals surface area (Å²) in [6.45, 7) is 9.41. The number of ketones is 1. The zero-order chi connectivity index (χ0) is 54.5. The maximum absolute atomic E-state index is 12.2. The third-order valence-corrected chi connectivity index (χ3v) is 13.5. The molecule has 1 saturated heterocycles. The van der Waals surface area contributed by atoms with Gasteiger partial charge < -0.3 is 35.9 Å². The van der Waals surface area contributed by atoms with Gasteiger partial charge >= 0.3 is 12.1 Å². The number of rotatable bonds is 7. The van der Waals surface area contributed by atoms with E-state index in [2.05, 4.69) is 78.5 Å². The molecule has 2 aliphatic rings. The van der Waals surface area contributed by atoms with Gasteiger partial charge in [0.25, 0.3) is 0 Å². The number of carbonyl (C=O) groups is 3. The molecule has 0 amide bonds. The predicted octanol–water partition coefficient (Wildman–Crippen LogP) is 16.1. The van der Waals surface area contributed by atoms with Crippen LogP contribution in [0.25, 0.3) is 37.5 Å². The number of nitrogens with zero attached hydrogens (tertiary/aromatic N) is 6. The third kappa shape index (κ3) is 18.0. The lowest BCUT2D eigenvalue weighted by Gasteiger charge is -2.19. The summed E-state index contributed by atoms with van der Waals surface area (Å²) >= 11 is 25.5. The van der Waals surface area contributed by atoms with E-state index in [9.17, 15) is 14.4 Å². The van der Waals surface area contributed by atoms with Crippen molar-refractivity contribution in [3.05, 3.63) is 168 Å². The number of aliphatic imine (C=N–C) groups is 1. The van der Waals surface area contributed by atoms with E-state index >= 15 is 0 Å². The van der Waals surface area contributed by atoms with Crippen molar-refractivity contribution in [1.29, 1.82) is 0 Å². The van der Waals surface area contributed by atoms with Gasteiger partial charge in [-0.25, -0.2) is 29.5 Å². The number of aromatic carboxylic acids is 1. The topological polar surface area (TPSA) is 225 Å². The monoisotopic (exact) mass is 1260 g/mol. The third-order valence-electron chi connectivity index (χ3n) is 10.6. The molecule has 78 heavy (non-hydrogen) atoms. The number of nitrogens with two attached hydrogens (primary N) is 1. The molecule has 22 heteroatoms. The number of carboxylic acid groups (broad SMARTS) is 1. The molecule has 11 rings (SSSR count). The van der Waals surface area contributed by atoms with Gasteiger partial charge in [0.2, 0.25) is 10.6 Å². The number of hydrogen-bond acceptors (Lipinski definition) is 14. The average Bonchev–Trinajstić information content (AvgIpc) is 4.27. The van der Waals surface area contributed by atoms with Gasteiger partial charge in [-0.1, -0.05) is 88.7 Å². The lowest BCUT2D eigenvalue weighted by atomic mass is 10.1. The highest BCUT2D eigenvalue weighted by atomic mass is 79.9. The fourth-order valence-electron chi connectivity index (χ4n) is 7.13. The standard InChI is InChI=1S/C17H17ClN4O2.C14H11ClN4.C10H7BrClNO.C9H5BrO2S.C4H9NO.2CH4/c1-17(2,3)24-16(23)22-9-7-11-10-12(4-5-13(11)22)20-14-6-8-19-15(18)21-14;15-14-17-8-6-13(19-14)18-12-3-1-10(2-4-12)11-5-7-16-9-11;1-5(14)10-9(12)7-3-2-6(11)4-8(7)13-10;10-6-2-1-5-3-8(9(11)12)13-7(5)4-6;5-4-1-2-6-3-4;;/h4-10H,1-3H3,(H,19,20,21);1-6,8-9H,7H2,(H,17,18,19);2-4,13H,1H3;1-4H,(H,11,12);4H,1-3,5H2;2*1H4. The number of benzene rings is 4. The minimum absolute atomic E-state index is 0. The number of anilines is 4. The fraction of sp³-hybridized carbons (Fsp3) is 0.214. The number of allylic oxidation sites excluding steroid dienone is 1. The van der Waals surface area contributed by atoms with E-state index in [4.69, 9.17) is 55.1 Å². The van der Waals surface area contributed by atoms with Gasteiger partial charge in [0.15, 0.2) is 5.78 Å². The largest absolute Gasteiger partial charge is 0.477 e. The van der Waals surface area contributed by atoms with E-state index in [0.717, 1.165) is 89.5 Å². The molecule has 9 aromatic rings. The smallest absolute Gasteiger partial charge is 0.418 e. The van der Waals surface area contributed by atoms with Crippen LogP contribution >= 0.6 is 78.0 Å². The van der Waals surface area contributed by atoms with Crippen molar-refractivity contribution < 1.29 is 29.0 Å². The maximum Gasteiger partial charge on any atom is 0.418 e. The van der Waals surface area contributed by atoms with Crippen molar-refractivity contribution in [2.24, 2.45) is 10.7 Å². The molecule has 408 valence electrons. The Hall–Kier alpha value is -6.55. The zero-order valence-corrected chi connectivity index (χ0v) is 47.4. The second-order valence-electron chi connectivity index (χ2n) is 17.6. The van der Waals surface area contributed by atoms with Crippen molar-refractivity contribution in [3.63, 3.8) is 0 Å². The molecular formula is C56H57Br2Cl3N10O6S. The molecule has 4 aromatic carbocycles. The summed E-state index contributed by atoms with van der Waals surface area (Å²) in [5.74, 6) is 0.356. The van der Waals surface area contributed by atoms with Crippen LogP contribution in [0.4, 0.5) is 27.8 Å². The molecule has 6 N–H and O–H groups in total. The Morgan fingerprint density at radius 3 is 2.04 bits per heavy atom. The maximum atomic E-state index is 12.2. The van der Waals surface area contributed by atoms with Gasteiger partial charge in [0, 0.05) is 85.7 Å². The van der Waals surface area contributed by atoms with Gasteiger partial charge in [-0.05, 0) is 146 Å². The molecule has 0 radical (unpaired) electrons. The van der Waals surface area contributed by atoms with Crippen LogP contribution in [0.2, 0.25) is 15.6 Å².